The van der Waals surface area contributed by atoms with Crippen LogP contribution in [0.4, 0.5) is 10.9 Å². The Morgan fingerprint density at radius 2 is 1.90 bits per heavy atom. The number of aromatic nitrogens is 3. The summed E-state index contributed by atoms with van der Waals surface area (Å²) in [5, 5.41) is 2.90. The molecule has 1 N–H and O–H groups in total. The molecule has 3 heterocycles. The van der Waals surface area contributed by atoms with E-state index in [-0.39, 0.29) is 10.9 Å². The number of nitrogens with one attached hydrogen (secondary N) is 1. The molecule has 1 fully saturated rings. The van der Waals surface area contributed by atoms with Gasteiger partial charge >= 0.3 is 0 Å². The Morgan fingerprint density at radius 1 is 1.03 bits per heavy atom. The van der Waals surface area contributed by atoms with E-state index in [0.29, 0.717) is 10.6 Å². The second kappa shape index (κ2) is 8.24. The number of rotatable bonds is 5. The van der Waals surface area contributed by atoms with Gasteiger partial charge in [-0.3, -0.25) is 4.72 Å². The molecule has 2 aromatic heterocycles. The highest BCUT2D eigenvalue weighted by atomic mass is 32.2. The highest BCUT2D eigenvalue weighted by molar-refractivity contribution is 7.93. The normalized spacial score (nSPS) is 17.0. The van der Waals surface area contributed by atoms with E-state index >= 15 is 0 Å². The highest BCUT2D eigenvalue weighted by Crippen LogP contribution is 2.37. The lowest BCUT2D eigenvalue weighted by molar-refractivity contribution is 0.470. The van der Waals surface area contributed by atoms with Crippen LogP contribution in [0.3, 0.4) is 0 Å². The van der Waals surface area contributed by atoms with Gasteiger partial charge in [-0.1, -0.05) is 30.3 Å². The van der Waals surface area contributed by atoms with Gasteiger partial charge in [0.05, 0.1) is 16.5 Å². The molecule has 0 saturated carbocycles. The lowest BCUT2D eigenvalue weighted by atomic mass is 9.95. The first-order chi connectivity index (χ1) is 15.1. The molecule has 0 bridgehead atoms. The Balaban J connectivity index is 1.53. The summed E-state index contributed by atoms with van der Waals surface area (Å²) in [6.07, 6.45) is 6.39. The zero-order chi connectivity index (χ0) is 21.3. The maximum Gasteiger partial charge on any atom is 0.263 e. The van der Waals surface area contributed by atoms with Crippen LogP contribution in [0.25, 0.3) is 10.9 Å². The van der Waals surface area contributed by atoms with Gasteiger partial charge in [-0.05, 0) is 43.0 Å². The summed E-state index contributed by atoms with van der Waals surface area (Å²) < 4.78 is 28.0. The van der Waals surface area contributed by atoms with Crippen molar-refractivity contribution >= 4 is 43.2 Å². The molecule has 2 aromatic carbocycles. The van der Waals surface area contributed by atoms with Crippen LogP contribution in [0.15, 0.2) is 71.3 Å². The van der Waals surface area contributed by atoms with Crippen molar-refractivity contribution in [3.63, 3.8) is 0 Å². The number of benzene rings is 2. The van der Waals surface area contributed by atoms with E-state index in [1.54, 1.807) is 29.8 Å². The number of anilines is 2. The summed E-state index contributed by atoms with van der Waals surface area (Å²) in [6.45, 7) is 0.900. The van der Waals surface area contributed by atoms with Gasteiger partial charge in [0.15, 0.2) is 5.13 Å². The largest absolute Gasteiger partial charge is 0.349 e. The fraction of sp³-hybridized carbons (Fsp3) is 0.227. The van der Waals surface area contributed by atoms with Crippen molar-refractivity contribution in [3.8, 4) is 0 Å². The van der Waals surface area contributed by atoms with Gasteiger partial charge in [0.25, 0.3) is 10.0 Å². The van der Waals surface area contributed by atoms with Gasteiger partial charge in [0, 0.05) is 23.5 Å². The molecule has 1 aliphatic rings. The molecule has 1 saturated heterocycles. The first-order valence-corrected chi connectivity index (χ1v) is 12.5. The zero-order valence-electron chi connectivity index (χ0n) is 16.7. The van der Waals surface area contributed by atoms with E-state index < -0.39 is 10.0 Å². The molecular formula is C22H21N5O2S2. The first kappa shape index (κ1) is 19.9. The summed E-state index contributed by atoms with van der Waals surface area (Å²) in [6, 6.07) is 15.7. The van der Waals surface area contributed by atoms with Gasteiger partial charge in [0.2, 0.25) is 0 Å². The highest BCUT2D eigenvalue weighted by Gasteiger charge is 2.27. The van der Waals surface area contributed by atoms with Gasteiger partial charge < -0.3 is 4.90 Å². The van der Waals surface area contributed by atoms with E-state index in [0.717, 1.165) is 30.6 Å². The molecule has 0 radical (unpaired) electrons. The number of hydrogen-bond donors (Lipinski definition) is 1. The van der Waals surface area contributed by atoms with Crippen LogP contribution in [0.5, 0.6) is 0 Å². The molecule has 7 nitrogen and oxygen atoms in total. The van der Waals surface area contributed by atoms with Crippen molar-refractivity contribution < 1.29 is 8.42 Å². The van der Waals surface area contributed by atoms with Crippen molar-refractivity contribution in [1.29, 1.82) is 0 Å². The first-order valence-electron chi connectivity index (χ1n) is 10.1. The summed E-state index contributed by atoms with van der Waals surface area (Å²) in [5.41, 5.74) is 1.87. The zero-order valence-corrected chi connectivity index (χ0v) is 18.3. The van der Waals surface area contributed by atoms with Gasteiger partial charge in [0.1, 0.15) is 12.1 Å². The molecule has 1 atom stereocenters. The fourth-order valence-corrected chi connectivity index (χ4v) is 5.88. The van der Waals surface area contributed by atoms with Crippen molar-refractivity contribution in [2.75, 3.05) is 16.2 Å². The molecule has 9 heteroatoms. The second-order valence-electron chi connectivity index (χ2n) is 7.43. The third-order valence-corrected chi connectivity index (χ3v) is 7.66. The standard InChI is InChI=1S/C22H21N5O2S2/c28-31(29,26-22-23-11-13-30-22)17-9-10-18-19(14-17)24-15-25-21(18)27-12-5-4-8-20(27)16-6-2-1-3-7-16/h1-3,6-7,9-11,13-15,20H,4-5,8,12H2,(H,23,26). The van der Waals surface area contributed by atoms with Crippen LogP contribution in [-0.4, -0.2) is 29.9 Å². The number of hydrogen-bond acceptors (Lipinski definition) is 7. The van der Waals surface area contributed by atoms with E-state index in [1.807, 2.05) is 6.07 Å². The maximum absolute atomic E-state index is 12.8. The summed E-state index contributed by atoms with van der Waals surface area (Å²) in [4.78, 5) is 15.4. The van der Waals surface area contributed by atoms with Crippen LogP contribution in [0, 0.1) is 0 Å². The maximum atomic E-state index is 12.8. The van der Waals surface area contributed by atoms with Gasteiger partial charge in [-0.15, -0.1) is 11.3 Å². The van der Waals surface area contributed by atoms with Crippen molar-refractivity contribution in [3.05, 3.63) is 72.0 Å². The third-order valence-electron chi connectivity index (χ3n) is 5.51. The summed E-state index contributed by atoms with van der Waals surface area (Å²) in [5.74, 6) is 0.843. The second-order valence-corrected chi connectivity index (χ2v) is 10.0. The Labute approximate surface area is 184 Å². The minimum atomic E-state index is -3.74. The van der Waals surface area contributed by atoms with Crippen LogP contribution in [-0.2, 0) is 10.0 Å². The van der Waals surface area contributed by atoms with E-state index in [2.05, 4.69) is 48.8 Å². The molecule has 31 heavy (non-hydrogen) atoms. The molecule has 1 aliphatic heterocycles. The molecule has 0 amide bonds. The SMILES string of the molecule is O=S(=O)(Nc1nccs1)c1ccc2c(N3CCCCC3c3ccccc3)ncnc2c1. The number of nitrogens with zero attached hydrogens (tertiary/aromatic N) is 4. The Bertz CT molecular complexity index is 1290. The molecule has 1 unspecified atom stereocenters. The molecule has 158 valence electrons. The van der Waals surface area contributed by atoms with Crippen LogP contribution < -0.4 is 9.62 Å². The minimum Gasteiger partial charge on any atom is -0.349 e. The molecular weight excluding hydrogens is 430 g/mol. The topological polar surface area (TPSA) is 88.1 Å². The predicted octanol–water partition coefficient (Wildman–Crippen LogP) is 4.62. The Hall–Kier alpha value is -3.04. The number of thiazole rings is 1. The monoisotopic (exact) mass is 451 g/mol. The Morgan fingerprint density at radius 3 is 2.71 bits per heavy atom. The van der Waals surface area contributed by atoms with Gasteiger partial charge in [-0.25, -0.2) is 23.4 Å². The Kier molecular flexibility index (Phi) is 5.29. The average molecular weight is 452 g/mol. The number of piperidine rings is 1. The van der Waals surface area contributed by atoms with Crippen molar-refractivity contribution in [2.24, 2.45) is 0 Å². The van der Waals surface area contributed by atoms with E-state index in [1.165, 1.54) is 29.6 Å². The fourth-order valence-electron chi connectivity index (χ4n) is 4.07. The average Bonchev–Trinajstić information content (AvgIpc) is 3.31. The third kappa shape index (κ3) is 3.98. The number of fused-ring (bicyclic) bond motifs is 1. The lowest BCUT2D eigenvalue weighted by Gasteiger charge is -2.37. The van der Waals surface area contributed by atoms with Crippen LogP contribution in [0.1, 0.15) is 30.9 Å². The number of sulfonamides is 1. The van der Waals surface area contributed by atoms with Crippen molar-refractivity contribution in [1.82, 2.24) is 15.0 Å². The smallest absolute Gasteiger partial charge is 0.263 e. The van der Waals surface area contributed by atoms with Crippen LogP contribution in [0.2, 0.25) is 0 Å². The molecule has 5 rings (SSSR count). The molecule has 4 aromatic rings. The van der Waals surface area contributed by atoms with Crippen molar-refractivity contribution in [2.45, 2.75) is 30.2 Å². The summed E-state index contributed by atoms with van der Waals surface area (Å²) in [7, 11) is -3.74. The molecule has 0 aliphatic carbocycles. The van der Waals surface area contributed by atoms with Gasteiger partial charge in [-0.2, -0.15) is 0 Å². The lowest BCUT2D eigenvalue weighted by Crippen LogP contribution is -2.34. The quantitative estimate of drug-likeness (QED) is 0.476. The predicted molar refractivity (Wildman–Crippen MR) is 123 cm³/mol. The molecule has 0 spiro atoms. The summed E-state index contributed by atoms with van der Waals surface area (Å²) >= 11 is 1.23. The van der Waals surface area contributed by atoms with E-state index in [4.69, 9.17) is 0 Å². The minimum absolute atomic E-state index is 0.151. The van der Waals surface area contributed by atoms with E-state index in [9.17, 15) is 8.42 Å². The van der Waals surface area contributed by atoms with Crippen LogP contribution >= 0.6 is 11.3 Å².